The molecule has 1 unspecified atom stereocenters. The first-order chi connectivity index (χ1) is 11.5. The molecule has 2 aliphatic heterocycles. The van der Waals surface area contributed by atoms with Crippen LogP contribution in [0.25, 0.3) is 0 Å². The molecule has 2 aliphatic rings. The monoisotopic (exact) mass is 465 g/mol. The lowest BCUT2D eigenvalue weighted by atomic mass is 10.1. The van der Waals surface area contributed by atoms with Gasteiger partial charge < -0.3 is 20.4 Å². The first-order valence-corrected chi connectivity index (χ1v) is 9.05. The SMILES string of the molecule is CN=C(NCC(=O)N1CCCCC1)NC1CCN(C(=O)C(C)C)C1.I. The minimum Gasteiger partial charge on any atom is -0.352 e. The van der Waals surface area contributed by atoms with Crippen molar-refractivity contribution >= 4 is 41.8 Å². The summed E-state index contributed by atoms with van der Waals surface area (Å²) in [6.45, 7) is 7.31. The molecule has 2 fully saturated rings. The van der Waals surface area contributed by atoms with Crippen LogP contribution in [-0.4, -0.2) is 73.4 Å². The first kappa shape index (κ1) is 22.0. The second-order valence-electron chi connectivity index (χ2n) is 6.94. The van der Waals surface area contributed by atoms with Gasteiger partial charge >= 0.3 is 0 Å². The lowest BCUT2D eigenvalue weighted by molar-refractivity contribution is -0.133. The van der Waals surface area contributed by atoms with Crippen molar-refractivity contribution in [3.8, 4) is 0 Å². The Labute approximate surface area is 168 Å². The van der Waals surface area contributed by atoms with Crippen LogP contribution in [0.2, 0.25) is 0 Å². The Kier molecular flexibility index (Phi) is 9.52. The van der Waals surface area contributed by atoms with E-state index in [4.69, 9.17) is 0 Å². The normalized spacial score (nSPS) is 21.1. The molecule has 0 aromatic carbocycles. The molecule has 2 N–H and O–H groups in total. The highest BCUT2D eigenvalue weighted by molar-refractivity contribution is 14.0. The van der Waals surface area contributed by atoms with Gasteiger partial charge in [0.2, 0.25) is 11.8 Å². The van der Waals surface area contributed by atoms with Crippen molar-refractivity contribution in [2.75, 3.05) is 39.8 Å². The van der Waals surface area contributed by atoms with E-state index < -0.39 is 0 Å². The lowest BCUT2D eigenvalue weighted by Crippen LogP contribution is -2.49. The van der Waals surface area contributed by atoms with Crippen molar-refractivity contribution < 1.29 is 9.59 Å². The minimum absolute atomic E-state index is 0. The highest BCUT2D eigenvalue weighted by Crippen LogP contribution is 2.12. The number of aliphatic imine (C=N–C) groups is 1. The summed E-state index contributed by atoms with van der Waals surface area (Å²) in [5, 5.41) is 6.43. The Morgan fingerprint density at radius 2 is 1.80 bits per heavy atom. The Bertz CT molecular complexity index is 478. The average Bonchev–Trinajstić information content (AvgIpc) is 3.06. The Morgan fingerprint density at radius 1 is 1.12 bits per heavy atom. The molecule has 0 aliphatic carbocycles. The largest absolute Gasteiger partial charge is 0.352 e. The van der Waals surface area contributed by atoms with Crippen molar-refractivity contribution in [1.29, 1.82) is 0 Å². The van der Waals surface area contributed by atoms with Crippen LogP contribution in [0.4, 0.5) is 0 Å². The first-order valence-electron chi connectivity index (χ1n) is 9.05. The van der Waals surface area contributed by atoms with E-state index in [1.54, 1.807) is 7.05 Å². The van der Waals surface area contributed by atoms with Gasteiger partial charge in [0.1, 0.15) is 0 Å². The summed E-state index contributed by atoms with van der Waals surface area (Å²) in [6, 6.07) is 0.184. The number of nitrogens with zero attached hydrogens (tertiary/aromatic N) is 3. The molecule has 0 radical (unpaired) electrons. The molecular formula is C17H32IN5O2. The molecule has 1 atom stereocenters. The fourth-order valence-electron chi connectivity index (χ4n) is 3.25. The number of nitrogens with one attached hydrogen (secondary N) is 2. The number of carbonyl (C=O) groups excluding carboxylic acids is 2. The maximum Gasteiger partial charge on any atom is 0.241 e. The summed E-state index contributed by atoms with van der Waals surface area (Å²) in [5.41, 5.74) is 0. The maximum absolute atomic E-state index is 12.2. The summed E-state index contributed by atoms with van der Waals surface area (Å²) in [7, 11) is 1.70. The molecule has 144 valence electrons. The third kappa shape index (κ3) is 6.63. The summed E-state index contributed by atoms with van der Waals surface area (Å²) in [6.07, 6.45) is 4.31. The number of halogens is 1. The van der Waals surface area contributed by atoms with E-state index in [1.807, 2.05) is 23.6 Å². The minimum atomic E-state index is 0. The topological polar surface area (TPSA) is 77.0 Å². The molecule has 0 spiro atoms. The number of likely N-dealkylation sites (tertiary alicyclic amines) is 2. The molecule has 0 aromatic rings. The average molecular weight is 465 g/mol. The Balaban J connectivity index is 0.00000312. The van der Waals surface area contributed by atoms with Crippen molar-refractivity contribution in [3.63, 3.8) is 0 Å². The second-order valence-corrected chi connectivity index (χ2v) is 6.94. The fourth-order valence-corrected chi connectivity index (χ4v) is 3.25. The number of amides is 2. The molecular weight excluding hydrogens is 433 g/mol. The number of carbonyl (C=O) groups is 2. The molecule has 0 bridgehead atoms. The maximum atomic E-state index is 12.2. The molecule has 0 aromatic heterocycles. The molecule has 25 heavy (non-hydrogen) atoms. The van der Waals surface area contributed by atoms with E-state index in [0.717, 1.165) is 38.9 Å². The number of rotatable bonds is 4. The predicted molar refractivity (Wildman–Crippen MR) is 110 cm³/mol. The summed E-state index contributed by atoms with van der Waals surface area (Å²) in [5.74, 6) is 0.982. The molecule has 0 saturated carbocycles. The van der Waals surface area contributed by atoms with E-state index in [-0.39, 0.29) is 54.3 Å². The van der Waals surface area contributed by atoms with E-state index in [1.165, 1.54) is 6.42 Å². The third-order valence-electron chi connectivity index (χ3n) is 4.67. The van der Waals surface area contributed by atoms with Gasteiger partial charge in [0, 0.05) is 45.2 Å². The van der Waals surface area contributed by atoms with Crippen molar-refractivity contribution in [2.24, 2.45) is 10.9 Å². The standard InChI is InChI=1S/C17H31N5O2.HI/c1-13(2)16(24)22-10-7-14(12-22)20-17(18-3)19-11-15(23)21-8-5-4-6-9-21;/h13-14H,4-12H2,1-3H3,(H2,18,19,20);1H. The van der Waals surface area contributed by atoms with Gasteiger partial charge in [0.25, 0.3) is 0 Å². The van der Waals surface area contributed by atoms with Crippen LogP contribution in [0.3, 0.4) is 0 Å². The van der Waals surface area contributed by atoms with E-state index in [9.17, 15) is 9.59 Å². The zero-order valence-electron chi connectivity index (χ0n) is 15.6. The van der Waals surface area contributed by atoms with Crippen molar-refractivity contribution in [2.45, 2.75) is 45.6 Å². The van der Waals surface area contributed by atoms with Gasteiger partial charge in [-0.3, -0.25) is 14.6 Å². The van der Waals surface area contributed by atoms with E-state index in [2.05, 4.69) is 15.6 Å². The third-order valence-corrected chi connectivity index (χ3v) is 4.67. The van der Waals surface area contributed by atoms with Crippen LogP contribution in [-0.2, 0) is 9.59 Å². The van der Waals surface area contributed by atoms with Crippen LogP contribution in [0.5, 0.6) is 0 Å². The highest BCUT2D eigenvalue weighted by Gasteiger charge is 2.28. The van der Waals surface area contributed by atoms with Gasteiger partial charge in [-0.15, -0.1) is 24.0 Å². The number of hydrogen-bond acceptors (Lipinski definition) is 3. The smallest absolute Gasteiger partial charge is 0.241 e. The quantitative estimate of drug-likeness (QED) is 0.370. The van der Waals surface area contributed by atoms with Crippen LogP contribution in [0, 0.1) is 5.92 Å². The van der Waals surface area contributed by atoms with Gasteiger partial charge in [-0.05, 0) is 25.7 Å². The molecule has 7 nitrogen and oxygen atoms in total. The van der Waals surface area contributed by atoms with Crippen LogP contribution in [0.1, 0.15) is 39.5 Å². The van der Waals surface area contributed by atoms with E-state index in [0.29, 0.717) is 12.5 Å². The predicted octanol–water partition coefficient (Wildman–Crippen LogP) is 1.04. The molecule has 2 heterocycles. The van der Waals surface area contributed by atoms with Gasteiger partial charge in [0.05, 0.1) is 6.54 Å². The molecule has 2 rings (SSSR count). The highest BCUT2D eigenvalue weighted by atomic mass is 127. The summed E-state index contributed by atoms with van der Waals surface area (Å²) < 4.78 is 0. The number of hydrogen-bond donors (Lipinski definition) is 2. The molecule has 2 saturated heterocycles. The van der Waals surface area contributed by atoms with Crippen LogP contribution >= 0.6 is 24.0 Å². The van der Waals surface area contributed by atoms with Crippen LogP contribution in [0.15, 0.2) is 4.99 Å². The van der Waals surface area contributed by atoms with Crippen molar-refractivity contribution in [3.05, 3.63) is 0 Å². The van der Waals surface area contributed by atoms with Crippen LogP contribution < -0.4 is 10.6 Å². The zero-order chi connectivity index (χ0) is 17.5. The Morgan fingerprint density at radius 3 is 2.40 bits per heavy atom. The number of piperidine rings is 1. The van der Waals surface area contributed by atoms with Gasteiger partial charge in [-0.2, -0.15) is 0 Å². The fraction of sp³-hybridized carbons (Fsp3) is 0.824. The Hall–Kier alpha value is -1.06. The van der Waals surface area contributed by atoms with Gasteiger partial charge in [-0.25, -0.2) is 0 Å². The van der Waals surface area contributed by atoms with Crippen molar-refractivity contribution in [1.82, 2.24) is 20.4 Å². The van der Waals surface area contributed by atoms with Gasteiger partial charge in [0.15, 0.2) is 5.96 Å². The van der Waals surface area contributed by atoms with E-state index >= 15 is 0 Å². The lowest BCUT2D eigenvalue weighted by Gasteiger charge is -2.27. The molecule has 2 amide bonds. The molecule has 8 heteroatoms. The number of guanidine groups is 1. The zero-order valence-corrected chi connectivity index (χ0v) is 17.9. The summed E-state index contributed by atoms with van der Waals surface area (Å²) in [4.78, 5) is 32.2. The second kappa shape index (κ2) is 10.8. The van der Waals surface area contributed by atoms with Gasteiger partial charge in [-0.1, -0.05) is 13.8 Å². The summed E-state index contributed by atoms with van der Waals surface area (Å²) >= 11 is 0.